The molecule has 1 aromatic carbocycles. The number of carbonyl (C=O) groups is 1. The maximum absolute atomic E-state index is 11.4. The lowest BCUT2D eigenvalue weighted by atomic mass is 9.92. The predicted octanol–water partition coefficient (Wildman–Crippen LogP) is 2.39. The van der Waals surface area contributed by atoms with Crippen LogP contribution >= 0.6 is 0 Å². The normalized spacial score (nSPS) is 16.9. The lowest BCUT2D eigenvalue weighted by molar-refractivity contribution is -0.109. The van der Waals surface area contributed by atoms with Crippen molar-refractivity contribution >= 4 is 17.4 Å². The highest BCUT2D eigenvalue weighted by Gasteiger charge is 2.16. The zero-order chi connectivity index (χ0) is 9.97. The minimum Gasteiger partial charge on any atom is -0.289 e. The van der Waals surface area contributed by atoms with Gasteiger partial charge in [0.05, 0.1) is 11.8 Å². The molecule has 0 spiro atoms. The number of ketones is 1. The number of benzene rings is 1. The number of rotatable bonds is 1. The fourth-order valence-corrected chi connectivity index (χ4v) is 1.46. The van der Waals surface area contributed by atoms with E-state index in [0.29, 0.717) is 5.57 Å². The first kappa shape index (κ1) is 8.56. The van der Waals surface area contributed by atoms with Gasteiger partial charge >= 0.3 is 0 Å². The van der Waals surface area contributed by atoms with Crippen LogP contribution < -0.4 is 0 Å². The Balaban J connectivity index is 2.64. The number of hydrogen-bond acceptors (Lipinski definition) is 3. The molecule has 14 heavy (non-hydrogen) atoms. The highest BCUT2D eigenvalue weighted by Crippen LogP contribution is 2.26. The third-order valence-corrected chi connectivity index (χ3v) is 2.11. The summed E-state index contributed by atoms with van der Waals surface area (Å²) in [5.41, 5.74) is 2.06. The van der Waals surface area contributed by atoms with Gasteiger partial charge in [-0.3, -0.25) is 4.79 Å². The molecule has 2 rings (SSSR count). The van der Waals surface area contributed by atoms with E-state index in [2.05, 4.69) is 5.18 Å². The second kappa shape index (κ2) is 3.38. The molecule has 0 aromatic heterocycles. The molecule has 0 saturated carbocycles. The topological polar surface area (TPSA) is 46.5 Å². The number of hydrogen-bond donors (Lipinski definition) is 0. The van der Waals surface area contributed by atoms with Gasteiger partial charge in [0, 0.05) is 0 Å². The average Bonchev–Trinajstić information content (AvgIpc) is 2.23. The Kier molecular flexibility index (Phi) is 2.07. The molecule has 0 radical (unpaired) electrons. The van der Waals surface area contributed by atoms with E-state index in [9.17, 15) is 9.70 Å². The van der Waals surface area contributed by atoms with Crippen LogP contribution in [-0.2, 0) is 4.79 Å². The lowest BCUT2D eigenvalue weighted by Crippen LogP contribution is -2.03. The Morgan fingerprint density at radius 3 is 2.71 bits per heavy atom. The van der Waals surface area contributed by atoms with Crippen LogP contribution in [0, 0.1) is 4.91 Å². The van der Waals surface area contributed by atoms with Crippen LogP contribution in [0.1, 0.15) is 11.1 Å². The Bertz CT molecular complexity index is 458. The molecular weight excluding hydrogens is 178 g/mol. The van der Waals surface area contributed by atoms with Gasteiger partial charge in [-0.05, 0) is 22.4 Å². The van der Waals surface area contributed by atoms with Crippen LogP contribution in [-0.4, -0.2) is 5.78 Å². The molecule has 0 saturated heterocycles. The molecule has 3 nitrogen and oxygen atoms in total. The first-order chi connectivity index (χ1) is 6.83. The van der Waals surface area contributed by atoms with E-state index < -0.39 is 0 Å². The fourth-order valence-electron chi connectivity index (χ4n) is 1.46. The number of nitroso groups, excluding NO2 is 1. The van der Waals surface area contributed by atoms with E-state index in [0.717, 1.165) is 17.3 Å². The van der Waals surface area contributed by atoms with E-state index in [1.54, 1.807) is 12.1 Å². The molecule has 68 valence electrons. The monoisotopic (exact) mass is 185 g/mol. The Morgan fingerprint density at radius 1 is 1.14 bits per heavy atom. The zero-order valence-electron chi connectivity index (χ0n) is 7.31. The molecule has 1 aliphatic rings. The summed E-state index contributed by atoms with van der Waals surface area (Å²) >= 11 is 0. The molecule has 0 bridgehead atoms. The van der Waals surface area contributed by atoms with Gasteiger partial charge < -0.3 is 0 Å². The second-order valence-corrected chi connectivity index (χ2v) is 2.93. The highest BCUT2D eigenvalue weighted by atomic mass is 16.2. The van der Waals surface area contributed by atoms with Crippen molar-refractivity contribution in [3.63, 3.8) is 0 Å². The summed E-state index contributed by atoms with van der Waals surface area (Å²) in [7, 11) is 0. The number of carbonyl (C=O) groups excluding carboxylic acids is 1. The van der Waals surface area contributed by atoms with Crippen LogP contribution in [0.5, 0.6) is 0 Å². The van der Waals surface area contributed by atoms with Crippen molar-refractivity contribution < 1.29 is 4.79 Å². The molecule has 0 atom stereocenters. The highest BCUT2D eigenvalue weighted by molar-refractivity contribution is 6.29. The average molecular weight is 185 g/mol. The molecular formula is C11H7NO2. The van der Waals surface area contributed by atoms with Gasteiger partial charge in [0.15, 0.2) is 5.78 Å². The van der Waals surface area contributed by atoms with E-state index in [1.807, 2.05) is 18.2 Å². The second-order valence-electron chi connectivity index (χ2n) is 2.93. The van der Waals surface area contributed by atoms with Gasteiger partial charge in [-0.15, -0.1) is 4.91 Å². The number of allylic oxidation sites excluding steroid dienone is 2. The summed E-state index contributed by atoms with van der Waals surface area (Å²) in [4.78, 5) is 21.5. The standard InChI is InChI=1S/C11H7NO2/c13-11-6-5-8-3-1-2-4-9(8)10(11)7-12-14/h1-7H/b10-7-. The summed E-state index contributed by atoms with van der Waals surface area (Å²) in [6, 6.07) is 7.39. The van der Waals surface area contributed by atoms with E-state index in [4.69, 9.17) is 0 Å². The van der Waals surface area contributed by atoms with Crippen molar-refractivity contribution in [2.45, 2.75) is 0 Å². The van der Waals surface area contributed by atoms with Crippen molar-refractivity contribution in [2.75, 3.05) is 0 Å². The first-order valence-corrected chi connectivity index (χ1v) is 4.17. The third-order valence-electron chi connectivity index (χ3n) is 2.11. The molecule has 0 heterocycles. The molecule has 0 aliphatic heterocycles. The Hall–Kier alpha value is -2.03. The fraction of sp³-hybridized carbons (Fsp3) is 0. The Morgan fingerprint density at radius 2 is 1.93 bits per heavy atom. The summed E-state index contributed by atoms with van der Waals surface area (Å²) in [5, 5.41) is 2.64. The third kappa shape index (κ3) is 1.29. The molecule has 3 heteroatoms. The van der Waals surface area contributed by atoms with E-state index in [-0.39, 0.29) is 5.78 Å². The van der Waals surface area contributed by atoms with E-state index in [1.165, 1.54) is 6.08 Å². The summed E-state index contributed by atoms with van der Waals surface area (Å²) in [6.45, 7) is 0. The van der Waals surface area contributed by atoms with Crippen molar-refractivity contribution in [1.82, 2.24) is 0 Å². The summed E-state index contributed by atoms with van der Waals surface area (Å²) < 4.78 is 0. The minimum absolute atomic E-state index is 0.177. The van der Waals surface area contributed by atoms with Crippen LogP contribution in [0.3, 0.4) is 0 Å². The van der Waals surface area contributed by atoms with Crippen LogP contribution in [0.25, 0.3) is 11.6 Å². The molecule has 0 N–H and O–H groups in total. The molecule has 1 aromatic rings. The van der Waals surface area contributed by atoms with Crippen LogP contribution in [0.4, 0.5) is 0 Å². The van der Waals surface area contributed by atoms with Crippen molar-refractivity contribution in [2.24, 2.45) is 5.18 Å². The van der Waals surface area contributed by atoms with Crippen molar-refractivity contribution in [3.8, 4) is 0 Å². The molecule has 0 amide bonds. The van der Waals surface area contributed by atoms with Gasteiger partial charge in [0.2, 0.25) is 0 Å². The van der Waals surface area contributed by atoms with Crippen LogP contribution in [0.15, 0.2) is 41.7 Å². The smallest absolute Gasteiger partial charge is 0.188 e. The quantitative estimate of drug-likeness (QED) is 0.498. The number of fused-ring (bicyclic) bond motifs is 1. The van der Waals surface area contributed by atoms with Gasteiger partial charge in [-0.1, -0.05) is 30.3 Å². The SMILES string of the molecule is O=N/C=C1\C(=O)C=Cc2ccccc21. The van der Waals surface area contributed by atoms with Gasteiger partial charge in [-0.25, -0.2) is 0 Å². The molecule has 0 unspecified atom stereocenters. The lowest BCUT2D eigenvalue weighted by Gasteiger charge is -2.10. The van der Waals surface area contributed by atoms with Gasteiger partial charge in [0.25, 0.3) is 0 Å². The van der Waals surface area contributed by atoms with Crippen molar-refractivity contribution in [1.29, 1.82) is 0 Å². The van der Waals surface area contributed by atoms with Gasteiger partial charge in [-0.2, -0.15) is 0 Å². The largest absolute Gasteiger partial charge is 0.289 e. The molecule has 0 fully saturated rings. The first-order valence-electron chi connectivity index (χ1n) is 4.17. The summed E-state index contributed by atoms with van der Waals surface area (Å²) in [5.74, 6) is -0.177. The number of nitrogens with zero attached hydrogens (tertiary/aromatic N) is 1. The van der Waals surface area contributed by atoms with Crippen molar-refractivity contribution in [3.05, 3.63) is 52.6 Å². The predicted molar refractivity (Wildman–Crippen MR) is 54.3 cm³/mol. The molecule has 1 aliphatic carbocycles. The minimum atomic E-state index is -0.177. The Labute approximate surface area is 80.7 Å². The van der Waals surface area contributed by atoms with Crippen LogP contribution in [0.2, 0.25) is 0 Å². The van der Waals surface area contributed by atoms with E-state index >= 15 is 0 Å². The maximum atomic E-state index is 11.4. The summed E-state index contributed by atoms with van der Waals surface area (Å²) in [6.07, 6.45) is 4.24. The maximum Gasteiger partial charge on any atom is 0.188 e. The van der Waals surface area contributed by atoms with Gasteiger partial charge in [0.1, 0.15) is 0 Å². The zero-order valence-corrected chi connectivity index (χ0v) is 7.31.